The van der Waals surface area contributed by atoms with E-state index in [0.29, 0.717) is 18.6 Å². The van der Waals surface area contributed by atoms with Gasteiger partial charge >= 0.3 is 5.97 Å². The first-order valence-electron chi connectivity index (χ1n) is 11.4. The first-order chi connectivity index (χ1) is 15.8. The molecule has 0 aliphatic carbocycles. The number of rotatable bonds is 17. The van der Waals surface area contributed by atoms with E-state index in [4.69, 9.17) is 11.5 Å². The summed E-state index contributed by atoms with van der Waals surface area (Å²) >= 11 is 1.50. The second-order valence-corrected chi connectivity index (χ2v) is 10.2. The van der Waals surface area contributed by atoms with Crippen molar-refractivity contribution in [2.75, 3.05) is 12.0 Å². The van der Waals surface area contributed by atoms with Gasteiger partial charge in [0.25, 0.3) is 0 Å². The molecule has 0 aliphatic rings. The highest BCUT2D eigenvalue weighted by Crippen LogP contribution is 2.10. The molecule has 0 bridgehead atoms. The van der Waals surface area contributed by atoms with E-state index in [1.54, 1.807) is 0 Å². The minimum absolute atomic E-state index is 0.00338. The van der Waals surface area contributed by atoms with Gasteiger partial charge < -0.3 is 32.5 Å². The van der Waals surface area contributed by atoms with E-state index in [9.17, 15) is 29.1 Å². The molecule has 196 valence electrons. The number of hydrogen-bond donors (Lipinski definition) is 6. The van der Waals surface area contributed by atoms with Gasteiger partial charge in [-0.1, -0.05) is 27.7 Å². The topological polar surface area (TPSA) is 194 Å². The molecule has 12 heteroatoms. The number of nitrogens with two attached hydrogens (primary N) is 2. The van der Waals surface area contributed by atoms with Crippen LogP contribution in [0.25, 0.3) is 0 Å². The molecule has 0 spiro atoms. The fraction of sp³-hybridized carbons (Fsp3) is 0.773. The number of nitrogens with one attached hydrogen (secondary N) is 3. The third-order valence-electron chi connectivity index (χ3n) is 4.94. The van der Waals surface area contributed by atoms with Gasteiger partial charge in [0.05, 0.1) is 6.04 Å². The van der Waals surface area contributed by atoms with Crippen molar-refractivity contribution in [3.05, 3.63) is 0 Å². The lowest BCUT2D eigenvalue weighted by molar-refractivity contribution is -0.142. The third-order valence-corrected chi connectivity index (χ3v) is 5.58. The normalized spacial score (nSPS) is 14.7. The molecule has 4 atom stereocenters. The molecule has 0 aromatic carbocycles. The van der Waals surface area contributed by atoms with E-state index in [1.807, 2.05) is 34.0 Å². The standard InChI is InChI=1S/C22H41N5O6S/c1-12(2)10-14(23)19(29)25-15(8-9-34-5)20(30)27-17(11-13(3)4)21(31)26-16(22(32)33)6-7-18(24)28/h12-17H,6-11,23H2,1-5H3,(H2,24,28)(H,25,29)(H,26,31)(H,27,30)(H,32,33). The SMILES string of the molecule is CSCCC(NC(=O)C(N)CC(C)C)C(=O)NC(CC(C)C)C(=O)NC(CCC(N)=O)C(=O)O. The number of hydrogen-bond acceptors (Lipinski definition) is 7. The zero-order valence-electron chi connectivity index (χ0n) is 20.8. The molecule has 0 saturated heterocycles. The highest BCUT2D eigenvalue weighted by Gasteiger charge is 2.30. The molecule has 4 unspecified atom stereocenters. The van der Waals surface area contributed by atoms with E-state index >= 15 is 0 Å². The van der Waals surface area contributed by atoms with Crippen molar-refractivity contribution in [1.82, 2.24) is 16.0 Å². The second-order valence-electron chi connectivity index (χ2n) is 9.17. The largest absolute Gasteiger partial charge is 0.480 e. The van der Waals surface area contributed by atoms with Gasteiger partial charge in [-0.05, 0) is 49.5 Å². The zero-order valence-corrected chi connectivity index (χ0v) is 21.6. The Kier molecular flexibility index (Phi) is 15.2. The number of amides is 4. The van der Waals surface area contributed by atoms with Gasteiger partial charge in [0, 0.05) is 6.42 Å². The van der Waals surface area contributed by atoms with E-state index in [-0.39, 0.29) is 31.1 Å². The average molecular weight is 504 g/mol. The summed E-state index contributed by atoms with van der Waals surface area (Å²) in [5.74, 6) is -2.89. The molecular formula is C22H41N5O6S. The maximum absolute atomic E-state index is 13.0. The molecule has 8 N–H and O–H groups in total. The number of carbonyl (C=O) groups is 5. The summed E-state index contributed by atoms with van der Waals surface area (Å²) in [4.78, 5) is 60.9. The number of carboxylic acids is 1. The maximum Gasteiger partial charge on any atom is 0.326 e. The number of thioether (sulfide) groups is 1. The first kappa shape index (κ1) is 31.7. The van der Waals surface area contributed by atoms with Crippen molar-refractivity contribution >= 4 is 41.4 Å². The van der Waals surface area contributed by atoms with Gasteiger partial charge in [-0.2, -0.15) is 11.8 Å². The van der Waals surface area contributed by atoms with Gasteiger partial charge in [-0.15, -0.1) is 0 Å². The lowest BCUT2D eigenvalue weighted by Crippen LogP contribution is -2.57. The van der Waals surface area contributed by atoms with Crippen LogP contribution in [-0.2, 0) is 24.0 Å². The molecule has 0 heterocycles. The van der Waals surface area contributed by atoms with E-state index in [1.165, 1.54) is 11.8 Å². The van der Waals surface area contributed by atoms with Crippen LogP contribution >= 0.6 is 11.8 Å². The van der Waals surface area contributed by atoms with Crippen LogP contribution in [0.3, 0.4) is 0 Å². The Labute approximate surface area is 205 Å². The molecule has 0 aromatic rings. The van der Waals surface area contributed by atoms with Gasteiger partial charge in [-0.3, -0.25) is 19.2 Å². The molecule has 0 fully saturated rings. The molecule has 0 aliphatic heterocycles. The molecule has 11 nitrogen and oxygen atoms in total. The summed E-state index contributed by atoms with van der Waals surface area (Å²) in [6.07, 6.45) is 2.53. The Bertz CT molecular complexity index is 703. The van der Waals surface area contributed by atoms with Crippen LogP contribution in [-0.4, -0.2) is 70.9 Å². The van der Waals surface area contributed by atoms with Crippen molar-refractivity contribution < 1.29 is 29.1 Å². The summed E-state index contributed by atoms with van der Waals surface area (Å²) in [6, 6.07) is -4.01. The number of primary amides is 1. The Morgan fingerprint density at radius 1 is 0.794 bits per heavy atom. The third kappa shape index (κ3) is 13.4. The molecule has 0 rings (SSSR count). The van der Waals surface area contributed by atoms with Gasteiger partial charge in [0.15, 0.2) is 0 Å². The van der Waals surface area contributed by atoms with Crippen LogP contribution in [0.2, 0.25) is 0 Å². The van der Waals surface area contributed by atoms with Crippen molar-refractivity contribution in [1.29, 1.82) is 0 Å². The van der Waals surface area contributed by atoms with Crippen LogP contribution in [0.1, 0.15) is 59.8 Å². The quantitative estimate of drug-likeness (QED) is 0.159. The summed E-state index contributed by atoms with van der Waals surface area (Å²) in [7, 11) is 0. The summed E-state index contributed by atoms with van der Waals surface area (Å²) in [5, 5.41) is 17.1. The van der Waals surface area contributed by atoms with Crippen molar-refractivity contribution in [3.8, 4) is 0 Å². The minimum atomic E-state index is -1.33. The smallest absolute Gasteiger partial charge is 0.326 e. The van der Waals surface area contributed by atoms with Crippen LogP contribution < -0.4 is 27.4 Å². The fourth-order valence-electron chi connectivity index (χ4n) is 3.19. The lowest BCUT2D eigenvalue weighted by atomic mass is 10.0. The zero-order chi connectivity index (χ0) is 26.4. The Hall–Kier alpha value is -2.34. The van der Waals surface area contributed by atoms with Crippen LogP contribution in [0.5, 0.6) is 0 Å². The van der Waals surface area contributed by atoms with E-state index in [2.05, 4.69) is 16.0 Å². The number of carbonyl (C=O) groups excluding carboxylic acids is 4. The van der Waals surface area contributed by atoms with Crippen molar-refractivity contribution in [2.24, 2.45) is 23.3 Å². The predicted octanol–water partition coefficient (Wildman–Crippen LogP) is -0.0365. The molecule has 0 saturated carbocycles. The number of aliphatic carboxylic acids is 1. The summed E-state index contributed by atoms with van der Waals surface area (Å²) in [5.41, 5.74) is 11.0. The lowest BCUT2D eigenvalue weighted by Gasteiger charge is -2.26. The molecule has 34 heavy (non-hydrogen) atoms. The minimum Gasteiger partial charge on any atom is -0.480 e. The van der Waals surface area contributed by atoms with Crippen LogP contribution in [0.15, 0.2) is 0 Å². The van der Waals surface area contributed by atoms with Crippen molar-refractivity contribution in [2.45, 2.75) is 84.0 Å². The molecule has 0 aromatic heterocycles. The molecule has 4 amide bonds. The van der Waals surface area contributed by atoms with E-state index < -0.39 is 53.8 Å². The summed E-state index contributed by atoms with van der Waals surface area (Å²) < 4.78 is 0. The van der Waals surface area contributed by atoms with E-state index in [0.717, 1.165) is 0 Å². The van der Waals surface area contributed by atoms with Crippen molar-refractivity contribution in [3.63, 3.8) is 0 Å². The first-order valence-corrected chi connectivity index (χ1v) is 12.8. The average Bonchev–Trinajstić information content (AvgIpc) is 2.71. The summed E-state index contributed by atoms with van der Waals surface area (Å²) in [6.45, 7) is 7.58. The Balaban J connectivity index is 5.46. The van der Waals surface area contributed by atoms with Crippen LogP contribution in [0, 0.1) is 11.8 Å². The predicted molar refractivity (Wildman–Crippen MR) is 132 cm³/mol. The van der Waals surface area contributed by atoms with Crippen LogP contribution in [0.4, 0.5) is 0 Å². The fourth-order valence-corrected chi connectivity index (χ4v) is 3.66. The van der Waals surface area contributed by atoms with Gasteiger partial charge in [0.1, 0.15) is 18.1 Å². The van der Waals surface area contributed by atoms with Gasteiger partial charge in [0.2, 0.25) is 23.6 Å². The highest BCUT2D eigenvalue weighted by molar-refractivity contribution is 7.98. The monoisotopic (exact) mass is 503 g/mol. The molecular weight excluding hydrogens is 462 g/mol. The highest BCUT2D eigenvalue weighted by atomic mass is 32.2. The van der Waals surface area contributed by atoms with Gasteiger partial charge in [-0.25, -0.2) is 4.79 Å². The Morgan fingerprint density at radius 2 is 1.29 bits per heavy atom. The maximum atomic E-state index is 13.0. The molecule has 0 radical (unpaired) electrons. The number of carboxylic acid groups (broad SMARTS) is 1. The second kappa shape index (κ2) is 16.3. The Morgan fingerprint density at radius 3 is 1.76 bits per heavy atom.